The number of carbonyl (C=O) groups excluding carboxylic acids is 1. The maximum absolute atomic E-state index is 12.8. The number of alkyl halides is 3. The third kappa shape index (κ3) is 5.22. The van der Waals surface area contributed by atoms with E-state index in [1.807, 2.05) is 0 Å². The Morgan fingerprint density at radius 2 is 1.93 bits per heavy atom. The first-order valence-electron chi connectivity index (χ1n) is 9.18. The number of halogens is 3. The van der Waals surface area contributed by atoms with Crippen LogP contribution in [-0.2, 0) is 17.4 Å². The SMILES string of the molecule is CC(NC(=O)CCCc1nc2ccccc2c(=O)[nH]1)c1cccc(C(F)(F)F)c1. The smallest absolute Gasteiger partial charge is 0.350 e. The number of benzene rings is 2. The number of nitrogens with zero attached hydrogens (tertiary/aromatic N) is 1. The summed E-state index contributed by atoms with van der Waals surface area (Å²) in [4.78, 5) is 31.3. The van der Waals surface area contributed by atoms with Gasteiger partial charge in [0.2, 0.25) is 5.91 Å². The molecule has 0 radical (unpaired) electrons. The van der Waals surface area contributed by atoms with Crippen molar-refractivity contribution in [1.82, 2.24) is 15.3 Å². The fraction of sp³-hybridized carbons (Fsp3) is 0.286. The van der Waals surface area contributed by atoms with E-state index in [-0.39, 0.29) is 17.9 Å². The number of aromatic nitrogens is 2. The Bertz CT molecular complexity index is 1080. The second kappa shape index (κ2) is 8.46. The predicted octanol–water partition coefficient (Wildman–Crippen LogP) is 4.14. The number of fused-ring (bicyclic) bond motifs is 1. The molecule has 8 heteroatoms. The summed E-state index contributed by atoms with van der Waals surface area (Å²) in [7, 11) is 0. The van der Waals surface area contributed by atoms with Gasteiger partial charge in [0.15, 0.2) is 0 Å². The summed E-state index contributed by atoms with van der Waals surface area (Å²) in [6.45, 7) is 1.63. The molecule has 0 saturated carbocycles. The minimum Gasteiger partial charge on any atom is -0.350 e. The highest BCUT2D eigenvalue weighted by atomic mass is 19.4. The van der Waals surface area contributed by atoms with Crippen LogP contribution in [0.15, 0.2) is 53.3 Å². The largest absolute Gasteiger partial charge is 0.416 e. The van der Waals surface area contributed by atoms with Crippen molar-refractivity contribution in [2.24, 2.45) is 0 Å². The number of para-hydroxylation sites is 1. The van der Waals surface area contributed by atoms with Gasteiger partial charge in [-0.2, -0.15) is 13.2 Å². The monoisotopic (exact) mass is 403 g/mol. The average molecular weight is 403 g/mol. The highest BCUT2D eigenvalue weighted by Crippen LogP contribution is 2.30. The minimum absolute atomic E-state index is 0.167. The summed E-state index contributed by atoms with van der Waals surface area (Å²) in [5, 5.41) is 3.21. The summed E-state index contributed by atoms with van der Waals surface area (Å²) in [6, 6.07) is 11.3. The maximum atomic E-state index is 12.8. The first-order chi connectivity index (χ1) is 13.7. The highest BCUT2D eigenvalue weighted by molar-refractivity contribution is 5.77. The Kier molecular flexibility index (Phi) is 6.00. The van der Waals surface area contributed by atoms with Crippen molar-refractivity contribution in [3.8, 4) is 0 Å². The van der Waals surface area contributed by atoms with E-state index in [0.29, 0.717) is 35.1 Å². The zero-order valence-electron chi connectivity index (χ0n) is 15.7. The first kappa shape index (κ1) is 20.6. The van der Waals surface area contributed by atoms with Gasteiger partial charge in [-0.15, -0.1) is 0 Å². The van der Waals surface area contributed by atoms with Crippen molar-refractivity contribution in [1.29, 1.82) is 0 Å². The number of hydrogen-bond acceptors (Lipinski definition) is 3. The van der Waals surface area contributed by atoms with Crippen LogP contribution in [0.3, 0.4) is 0 Å². The van der Waals surface area contributed by atoms with E-state index in [1.165, 1.54) is 6.07 Å². The summed E-state index contributed by atoms with van der Waals surface area (Å²) in [6.07, 6.45) is -3.41. The van der Waals surface area contributed by atoms with Crippen LogP contribution in [0.1, 0.15) is 42.8 Å². The predicted molar refractivity (Wildman–Crippen MR) is 103 cm³/mol. The molecule has 2 aromatic carbocycles. The molecule has 3 aromatic rings. The lowest BCUT2D eigenvalue weighted by molar-refractivity contribution is -0.137. The molecule has 0 spiro atoms. The molecule has 1 unspecified atom stereocenters. The summed E-state index contributed by atoms with van der Waals surface area (Å²) in [5.74, 6) is 0.213. The second-order valence-electron chi connectivity index (χ2n) is 6.80. The summed E-state index contributed by atoms with van der Waals surface area (Å²) < 4.78 is 38.5. The van der Waals surface area contributed by atoms with Crippen LogP contribution in [0.25, 0.3) is 10.9 Å². The van der Waals surface area contributed by atoms with Gasteiger partial charge in [-0.25, -0.2) is 4.98 Å². The van der Waals surface area contributed by atoms with Crippen LogP contribution >= 0.6 is 0 Å². The van der Waals surface area contributed by atoms with Gasteiger partial charge in [-0.05, 0) is 43.2 Å². The van der Waals surface area contributed by atoms with Gasteiger partial charge in [0.1, 0.15) is 5.82 Å². The Hall–Kier alpha value is -3.16. The van der Waals surface area contributed by atoms with Gasteiger partial charge in [0.25, 0.3) is 5.56 Å². The van der Waals surface area contributed by atoms with Crippen LogP contribution in [0.2, 0.25) is 0 Å². The first-order valence-corrected chi connectivity index (χ1v) is 9.18. The third-order valence-electron chi connectivity index (χ3n) is 4.57. The molecule has 1 amide bonds. The molecule has 0 fully saturated rings. The molecular weight excluding hydrogens is 383 g/mol. The normalized spacial score (nSPS) is 12.7. The number of rotatable bonds is 6. The molecule has 1 atom stereocenters. The topological polar surface area (TPSA) is 74.8 Å². The Morgan fingerprint density at radius 3 is 2.69 bits per heavy atom. The Labute approximate surface area is 165 Å². The van der Waals surface area contributed by atoms with E-state index in [4.69, 9.17) is 0 Å². The van der Waals surface area contributed by atoms with Crippen molar-refractivity contribution in [3.63, 3.8) is 0 Å². The third-order valence-corrected chi connectivity index (χ3v) is 4.57. The molecule has 0 aliphatic rings. The van der Waals surface area contributed by atoms with E-state index in [9.17, 15) is 22.8 Å². The molecule has 0 bridgehead atoms. The molecule has 1 aromatic heterocycles. The standard InChI is InChI=1S/C21H20F3N3O2/c1-13(14-6-4-7-15(12-14)21(22,23)24)25-19(28)11-5-10-18-26-17-9-3-2-8-16(17)20(29)27-18/h2-4,6-9,12-13H,5,10-11H2,1H3,(H,25,28)(H,26,27,29). The molecule has 3 rings (SSSR count). The Morgan fingerprint density at radius 1 is 1.17 bits per heavy atom. The molecule has 0 saturated heterocycles. The number of aryl methyl sites for hydroxylation is 1. The van der Waals surface area contributed by atoms with Gasteiger partial charge >= 0.3 is 6.18 Å². The van der Waals surface area contributed by atoms with E-state index >= 15 is 0 Å². The van der Waals surface area contributed by atoms with E-state index < -0.39 is 17.8 Å². The van der Waals surface area contributed by atoms with Gasteiger partial charge in [-0.3, -0.25) is 9.59 Å². The molecule has 0 aliphatic heterocycles. The zero-order valence-corrected chi connectivity index (χ0v) is 15.7. The van der Waals surface area contributed by atoms with Crippen molar-refractivity contribution < 1.29 is 18.0 Å². The van der Waals surface area contributed by atoms with Crippen molar-refractivity contribution in [2.45, 2.75) is 38.4 Å². The average Bonchev–Trinajstić information content (AvgIpc) is 2.67. The number of amides is 1. The van der Waals surface area contributed by atoms with E-state index in [2.05, 4.69) is 15.3 Å². The fourth-order valence-corrected chi connectivity index (χ4v) is 3.05. The molecule has 5 nitrogen and oxygen atoms in total. The van der Waals surface area contributed by atoms with Gasteiger partial charge in [0.05, 0.1) is 22.5 Å². The van der Waals surface area contributed by atoms with Crippen LogP contribution in [0.5, 0.6) is 0 Å². The molecule has 29 heavy (non-hydrogen) atoms. The van der Waals surface area contributed by atoms with Crippen LogP contribution < -0.4 is 10.9 Å². The van der Waals surface area contributed by atoms with Gasteiger partial charge in [-0.1, -0.05) is 24.3 Å². The molecular formula is C21H20F3N3O2. The van der Waals surface area contributed by atoms with Gasteiger partial charge < -0.3 is 10.3 Å². The van der Waals surface area contributed by atoms with Crippen molar-refractivity contribution in [3.05, 3.63) is 75.8 Å². The lowest BCUT2D eigenvalue weighted by atomic mass is 10.0. The number of aromatic amines is 1. The summed E-state index contributed by atoms with van der Waals surface area (Å²) in [5.41, 5.74) is -0.00165. The lowest BCUT2D eigenvalue weighted by Gasteiger charge is -2.16. The molecule has 152 valence electrons. The second-order valence-corrected chi connectivity index (χ2v) is 6.80. The van der Waals surface area contributed by atoms with Crippen molar-refractivity contribution in [2.75, 3.05) is 0 Å². The quantitative estimate of drug-likeness (QED) is 0.650. The maximum Gasteiger partial charge on any atom is 0.416 e. The van der Waals surface area contributed by atoms with E-state index in [0.717, 1.165) is 12.1 Å². The van der Waals surface area contributed by atoms with Crippen LogP contribution in [-0.4, -0.2) is 15.9 Å². The molecule has 2 N–H and O–H groups in total. The lowest BCUT2D eigenvalue weighted by Crippen LogP contribution is -2.26. The van der Waals surface area contributed by atoms with Gasteiger partial charge in [0, 0.05) is 12.8 Å². The molecule has 1 heterocycles. The number of H-pyrrole nitrogens is 1. The number of carbonyl (C=O) groups is 1. The van der Waals surface area contributed by atoms with Crippen molar-refractivity contribution >= 4 is 16.8 Å². The zero-order chi connectivity index (χ0) is 21.0. The molecule has 0 aliphatic carbocycles. The minimum atomic E-state index is -4.43. The van der Waals surface area contributed by atoms with Crippen LogP contribution in [0.4, 0.5) is 13.2 Å². The number of nitrogens with one attached hydrogen (secondary N) is 2. The summed E-state index contributed by atoms with van der Waals surface area (Å²) >= 11 is 0. The highest BCUT2D eigenvalue weighted by Gasteiger charge is 2.30. The van der Waals surface area contributed by atoms with Crippen LogP contribution in [0, 0.1) is 0 Å². The fourth-order valence-electron chi connectivity index (χ4n) is 3.05. The van der Waals surface area contributed by atoms with E-state index in [1.54, 1.807) is 37.3 Å². The Balaban J connectivity index is 1.56. The number of hydrogen-bond donors (Lipinski definition) is 2.